The Morgan fingerprint density at radius 3 is 2.70 bits per heavy atom. The van der Waals surface area contributed by atoms with Crippen molar-refractivity contribution in [2.24, 2.45) is 0 Å². The predicted molar refractivity (Wildman–Crippen MR) is 86.5 cm³/mol. The third-order valence-electron chi connectivity index (χ3n) is 3.63. The Bertz CT molecular complexity index is 901. The van der Waals surface area contributed by atoms with E-state index in [9.17, 15) is 4.79 Å². The maximum absolute atomic E-state index is 12.4. The molecule has 2 aromatic rings. The largest absolute Gasteiger partial charge is 0.497 e. The van der Waals surface area contributed by atoms with Crippen LogP contribution in [0.4, 0.5) is 0 Å². The zero-order valence-electron chi connectivity index (χ0n) is 13.2. The van der Waals surface area contributed by atoms with Crippen LogP contribution >= 0.6 is 0 Å². The van der Waals surface area contributed by atoms with E-state index in [2.05, 4.69) is 6.07 Å². The molecule has 5 nitrogen and oxygen atoms in total. The number of hydrogen-bond acceptors (Lipinski definition) is 4. The highest BCUT2D eigenvalue weighted by atomic mass is 16.5. The molecule has 0 aliphatic carbocycles. The van der Waals surface area contributed by atoms with Crippen LogP contribution in [-0.2, 0) is 0 Å². The first kappa shape index (κ1) is 14.9. The van der Waals surface area contributed by atoms with Crippen LogP contribution in [0.2, 0.25) is 0 Å². The summed E-state index contributed by atoms with van der Waals surface area (Å²) in [5, 5.41) is 9.13. The van der Waals surface area contributed by atoms with E-state index in [-0.39, 0.29) is 5.56 Å². The average molecular weight is 308 g/mol. The standard InChI is InChI=1S/C18H16N2O3/c1-18(2)10-15(20-7-6-13(22-3)9-17(20)21)14-8-12(11-19)4-5-16(14)23-18/h4-10H,1-3H3. The Labute approximate surface area is 134 Å². The summed E-state index contributed by atoms with van der Waals surface area (Å²) in [4.78, 5) is 12.4. The minimum atomic E-state index is -0.560. The number of rotatable bonds is 2. The zero-order chi connectivity index (χ0) is 16.6. The third kappa shape index (κ3) is 2.71. The first-order valence-corrected chi connectivity index (χ1v) is 7.17. The third-order valence-corrected chi connectivity index (χ3v) is 3.63. The van der Waals surface area contributed by atoms with Crippen LogP contribution in [-0.4, -0.2) is 17.3 Å². The highest BCUT2D eigenvalue weighted by Gasteiger charge is 2.28. The molecule has 3 rings (SSSR count). The normalized spacial score (nSPS) is 15.0. The second-order valence-corrected chi connectivity index (χ2v) is 5.83. The van der Waals surface area contributed by atoms with Crippen LogP contribution in [0.5, 0.6) is 11.5 Å². The van der Waals surface area contributed by atoms with Gasteiger partial charge in [0, 0.05) is 17.8 Å². The highest BCUT2D eigenvalue weighted by molar-refractivity contribution is 5.74. The monoisotopic (exact) mass is 308 g/mol. The molecule has 0 radical (unpaired) electrons. The molecular formula is C18H16N2O3. The molecule has 0 saturated heterocycles. The summed E-state index contributed by atoms with van der Waals surface area (Å²) in [6.07, 6.45) is 3.54. The molecule has 2 heterocycles. The maximum atomic E-state index is 12.4. The number of aromatic nitrogens is 1. The van der Waals surface area contributed by atoms with Gasteiger partial charge in [0.25, 0.3) is 5.56 Å². The molecular weight excluding hydrogens is 292 g/mol. The van der Waals surface area contributed by atoms with E-state index in [1.54, 1.807) is 30.5 Å². The van der Waals surface area contributed by atoms with Crippen molar-refractivity contribution in [3.8, 4) is 17.6 Å². The number of benzene rings is 1. The zero-order valence-corrected chi connectivity index (χ0v) is 13.2. The fraction of sp³-hybridized carbons (Fsp3) is 0.222. The molecule has 0 spiro atoms. The van der Waals surface area contributed by atoms with Gasteiger partial charge in [-0.1, -0.05) is 0 Å². The fourth-order valence-electron chi connectivity index (χ4n) is 2.59. The summed E-state index contributed by atoms with van der Waals surface area (Å²) < 4.78 is 12.5. The number of nitriles is 1. The first-order valence-electron chi connectivity index (χ1n) is 7.17. The van der Waals surface area contributed by atoms with Gasteiger partial charge in [0.05, 0.1) is 24.4 Å². The molecule has 23 heavy (non-hydrogen) atoms. The molecule has 0 unspecified atom stereocenters. The van der Waals surface area contributed by atoms with E-state index >= 15 is 0 Å². The molecule has 0 atom stereocenters. The predicted octanol–water partition coefficient (Wildman–Crippen LogP) is 2.79. The summed E-state index contributed by atoms with van der Waals surface area (Å²) in [5.41, 5.74) is 1.16. The van der Waals surface area contributed by atoms with Gasteiger partial charge in [-0.05, 0) is 44.2 Å². The summed E-state index contributed by atoms with van der Waals surface area (Å²) in [6.45, 7) is 3.84. The number of methoxy groups -OCH3 is 1. The summed E-state index contributed by atoms with van der Waals surface area (Å²) in [6, 6.07) is 10.5. The van der Waals surface area contributed by atoms with Gasteiger partial charge < -0.3 is 9.47 Å². The van der Waals surface area contributed by atoms with E-state index in [1.165, 1.54) is 17.7 Å². The summed E-state index contributed by atoms with van der Waals surface area (Å²) >= 11 is 0. The summed E-state index contributed by atoms with van der Waals surface area (Å²) in [5.74, 6) is 1.15. The van der Waals surface area contributed by atoms with E-state index in [4.69, 9.17) is 14.7 Å². The Hall–Kier alpha value is -3.00. The van der Waals surface area contributed by atoms with Crippen molar-refractivity contribution >= 4 is 5.70 Å². The van der Waals surface area contributed by atoms with E-state index in [1.807, 2.05) is 19.9 Å². The van der Waals surface area contributed by atoms with Crippen molar-refractivity contribution < 1.29 is 9.47 Å². The second-order valence-electron chi connectivity index (χ2n) is 5.83. The van der Waals surface area contributed by atoms with Crippen LogP contribution < -0.4 is 15.0 Å². The smallest absolute Gasteiger partial charge is 0.258 e. The SMILES string of the molecule is COc1ccn(C2=CC(C)(C)Oc3ccc(C#N)cc32)c(=O)c1. The summed E-state index contributed by atoms with van der Waals surface area (Å²) in [7, 11) is 1.52. The van der Waals surface area contributed by atoms with Crippen molar-refractivity contribution in [3.05, 3.63) is 64.1 Å². The second kappa shape index (κ2) is 5.33. The topological polar surface area (TPSA) is 64.2 Å². The molecule has 116 valence electrons. The number of nitrogens with zero attached hydrogens (tertiary/aromatic N) is 2. The number of ether oxygens (including phenoxy) is 2. The molecule has 0 fully saturated rings. The van der Waals surface area contributed by atoms with Crippen molar-refractivity contribution in [3.63, 3.8) is 0 Å². The van der Waals surface area contributed by atoms with Gasteiger partial charge in [-0.15, -0.1) is 0 Å². The Kier molecular flexibility index (Phi) is 3.45. The van der Waals surface area contributed by atoms with E-state index < -0.39 is 5.60 Å². The highest BCUT2D eigenvalue weighted by Crippen LogP contribution is 2.36. The lowest BCUT2D eigenvalue weighted by molar-refractivity contribution is 0.157. The number of hydrogen-bond donors (Lipinski definition) is 0. The number of fused-ring (bicyclic) bond motifs is 1. The van der Waals surface area contributed by atoms with Gasteiger partial charge in [0.1, 0.15) is 17.1 Å². The molecule has 0 bridgehead atoms. The van der Waals surface area contributed by atoms with Gasteiger partial charge in [-0.25, -0.2) is 0 Å². The van der Waals surface area contributed by atoms with Crippen LogP contribution in [0.15, 0.2) is 47.4 Å². The maximum Gasteiger partial charge on any atom is 0.258 e. The van der Waals surface area contributed by atoms with Crippen LogP contribution in [0.3, 0.4) is 0 Å². The van der Waals surface area contributed by atoms with Crippen molar-refractivity contribution in [2.45, 2.75) is 19.4 Å². The Balaban J connectivity index is 2.23. The molecule has 0 amide bonds. The first-order chi connectivity index (χ1) is 10.9. The molecule has 1 aliphatic rings. The fourth-order valence-corrected chi connectivity index (χ4v) is 2.59. The Morgan fingerprint density at radius 2 is 2.04 bits per heavy atom. The molecule has 0 N–H and O–H groups in total. The van der Waals surface area contributed by atoms with Crippen molar-refractivity contribution in [1.82, 2.24) is 4.57 Å². The van der Waals surface area contributed by atoms with Crippen LogP contribution in [0.1, 0.15) is 25.0 Å². The average Bonchev–Trinajstić information content (AvgIpc) is 2.53. The van der Waals surface area contributed by atoms with Crippen molar-refractivity contribution in [2.75, 3.05) is 7.11 Å². The van der Waals surface area contributed by atoms with Crippen LogP contribution in [0.25, 0.3) is 5.70 Å². The lowest BCUT2D eigenvalue weighted by Gasteiger charge is -2.31. The van der Waals surface area contributed by atoms with Crippen LogP contribution in [0, 0.1) is 11.3 Å². The lowest BCUT2D eigenvalue weighted by Crippen LogP contribution is -2.32. The molecule has 0 saturated carbocycles. The van der Waals surface area contributed by atoms with Gasteiger partial charge in [0.15, 0.2) is 0 Å². The van der Waals surface area contributed by atoms with E-state index in [0.29, 0.717) is 22.8 Å². The Morgan fingerprint density at radius 1 is 1.26 bits per heavy atom. The number of pyridine rings is 1. The van der Waals surface area contributed by atoms with Gasteiger partial charge in [-0.3, -0.25) is 9.36 Å². The molecule has 5 heteroatoms. The molecule has 1 aromatic heterocycles. The quantitative estimate of drug-likeness (QED) is 0.855. The van der Waals surface area contributed by atoms with E-state index in [0.717, 1.165) is 5.56 Å². The van der Waals surface area contributed by atoms with Crippen molar-refractivity contribution in [1.29, 1.82) is 5.26 Å². The minimum Gasteiger partial charge on any atom is -0.497 e. The van der Waals surface area contributed by atoms with Gasteiger partial charge >= 0.3 is 0 Å². The van der Waals surface area contributed by atoms with Gasteiger partial charge in [0.2, 0.25) is 0 Å². The van der Waals surface area contributed by atoms with Gasteiger partial charge in [-0.2, -0.15) is 5.26 Å². The molecule has 1 aromatic carbocycles. The minimum absolute atomic E-state index is 0.207. The lowest BCUT2D eigenvalue weighted by atomic mass is 9.97. The molecule has 1 aliphatic heterocycles.